The van der Waals surface area contributed by atoms with Gasteiger partial charge in [0.2, 0.25) is 23.6 Å². The summed E-state index contributed by atoms with van der Waals surface area (Å²) >= 11 is 27.1. The Bertz CT molecular complexity index is 2860. The van der Waals surface area contributed by atoms with Gasteiger partial charge in [0.25, 0.3) is 0 Å². The van der Waals surface area contributed by atoms with Crippen LogP contribution in [0.2, 0.25) is 20.1 Å². The number of aromatic hydroxyl groups is 4. The number of phenols is 4. The molecule has 4 bridgehead atoms. The Labute approximate surface area is 439 Å². The van der Waals surface area contributed by atoms with Crippen molar-refractivity contribution in [1.29, 1.82) is 0 Å². The number of ether oxygens (including phenoxy) is 3. The Hall–Kier alpha value is -6.39. The zero-order chi connectivity index (χ0) is 52.2. The number of likely N-dealkylation sites (N-methyl/N-ethyl adjacent to an activating group) is 1. The topological polar surface area (TPSA) is 262 Å². The first-order chi connectivity index (χ1) is 33.3. The molecule has 374 valence electrons. The lowest BCUT2D eigenvalue weighted by Gasteiger charge is -2.33. The van der Waals surface area contributed by atoms with Crippen LogP contribution in [0.5, 0.6) is 34.5 Å². The first kappa shape index (κ1) is 54.0. The van der Waals surface area contributed by atoms with Gasteiger partial charge in [0.15, 0.2) is 29.0 Å². The molecular weight excluding hydrogens is 1120 g/mol. The maximum absolute atomic E-state index is 15.2. The third kappa shape index (κ3) is 12.9. The summed E-state index contributed by atoms with van der Waals surface area (Å²) in [5.74, 6) is -6.55. The van der Waals surface area contributed by atoms with Crippen molar-refractivity contribution in [1.82, 2.24) is 26.2 Å². The number of benzene rings is 5. The number of phenolic OH excluding ortho intramolecular Hbond substituents is 4. The molecule has 0 saturated carbocycles. The molecule has 5 atom stereocenters. The molecule has 0 unspecified atom stereocenters. The lowest BCUT2D eigenvalue weighted by Crippen LogP contribution is -2.54. The number of esters is 1. The molecule has 71 heavy (non-hydrogen) atoms. The largest absolute Gasteiger partial charge is 0.508 e. The molecule has 0 saturated heterocycles. The summed E-state index contributed by atoms with van der Waals surface area (Å²) in [7, 11) is 2.37. The summed E-state index contributed by atoms with van der Waals surface area (Å²) in [5, 5.41) is 51.2. The van der Waals surface area contributed by atoms with Crippen LogP contribution in [0.4, 0.5) is 4.79 Å². The van der Waals surface area contributed by atoms with Crippen LogP contribution in [0.15, 0.2) is 84.9 Å². The van der Waals surface area contributed by atoms with E-state index in [1.807, 2.05) is 0 Å². The van der Waals surface area contributed by atoms with E-state index in [4.69, 9.17) is 60.6 Å². The van der Waals surface area contributed by atoms with Gasteiger partial charge in [-0.1, -0.05) is 70.7 Å². The Kier molecular flexibility index (Phi) is 17.0. The molecule has 0 spiro atoms. The molecule has 7 rings (SSSR count). The van der Waals surface area contributed by atoms with Crippen molar-refractivity contribution in [3.63, 3.8) is 0 Å². The molecule has 5 aromatic carbocycles. The molecule has 2 aliphatic heterocycles. The minimum absolute atomic E-state index is 0.0452. The summed E-state index contributed by atoms with van der Waals surface area (Å²) in [6.07, 6.45) is -1.31. The highest BCUT2D eigenvalue weighted by molar-refractivity contribution is 14.1. The Morgan fingerprint density at radius 2 is 1.35 bits per heavy atom. The van der Waals surface area contributed by atoms with E-state index >= 15 is 9.59 Å². The number of nitrogens with zero attached hydrogens (tertiary/aromatic N) is 1. The molecule has 2 heterocycles. The summed E-state index contributed by atoms with van der Waals surface area (Å²) in [6, 6.07) is 10.4. The van der Waals surface area contributed by atoms with Crippen LogP contribution in [0.1, 0.15) is 72.8 Å². The van der Waals surface area contributed by atoms with Gasteiger partial charge in [-0.2, -0.15) is 0 Å². The molecule has 0 radical (unpaired) electrons. The number of methoxy groups -OCH3 is 1. The number of fused-ring (bicyclic) bond motifs is 9. The van der Waals surface area contributed by atoms with Gasteiger partial charge in [-0.25, -0.2) is 9.59 Å². The zero-order valence-electron chi connectivity index (χ0n) is 38.0. The standard InChI is InChI=1S/C48H44Cl4IN5O13/c1-48(2,3)71-47(68)57-36(23-15-28(49)39(60)29(50)16-23)44(65)54-35-25-19-32(53)41(62)34(20-25)70-27-12-6-21(7-13-27)14-33(42(63)56-38(46(67)69-5)22-8-10-26(59)11-9-22)58(4)45(66)37(55-43(35)64)24-17-30(51)40(61)31(52)18-24/h6-13,15-20,33,35-38,59-62H,14H2,1-5H3,(H,54,65)(H,55,64)(H,56,63)(H,57,68)/t33-,35+,36+,37+,38+/m0/s1. The van der Waals surface area contributed by atoms with E-state index in [0.717, 1.165) is 36.3 Å². The highest BCUT2D eigenvalue weighted by atomic mass is 127. The predicted molar refractivity (Wildman–Crippen MR) is 269 cm³/mol. The van der Waals surface area contributed by atoms with E-state index in [1.54, 1.807) is 55.5 Å². The number of carbonyl (C=O) groups is 6. The SMILES string of the molecule is COC(=O)[C@H](NC(=O)[C@@H]1Cc2ccc(cc2)Oc2cc(cc(I)c2O)[C@@H](NC(=O)[C@H](NC(=O)OC(C)(C)C)c2cc(Cl)c(O)c(Cl)c2)C(=O)N[C@H](c2cc(Cl)c(O)c(Cl)c2)C(=O)N1C)c1ccc(O)cc1. The zero-order valence-corrected chi connectivity index (χ0v) is 43.2. The number of carbonyl (C=O) groups excluding carboxylic acids is 6. The third-order valence-corrected chi connectivity index (χ3v) is 12.8. The average Bonchev–Trinajstić information content (AvgIpc) is 3.31. The van der Waals surface area contributed by atoms with Crippen molar-refractivity contribution in [2.24, 2.45) is 0 Å². The lowest BCUT2D eigenvalue weighted by atomic mass is 9.98. The summed E-state index contributed by atoms with van der Waals surface area (Å²) < 4.78 is 16.7. The number of halogens is 5. The van der Waals surface area contributed by atoms with Crippen molar-refractivity contribution >= 4 is 105 Å². The van der Waals surface area contributed by atoms with Crippen molar-refractivity contribution in [3.05, 3.63) is 136 Å². The van der Waals surface area contributed by atoms with E-state index in [-0.39, 0.29) is 75.3 Å². The van der Waals surface area contributed by atoms with E-state index < -0.39 is 83.0 Å². The van der Waals surface area contributed by atoms with Gasteiger partial charge in [0.1, 0.15) is 41.3 Å². The molecule has 0 aromatic heterocycles. The predicted octanol–water partition coefficient (Wildman–Crippen LogP) is 8.21. The second-order valence-corrected chi connectivity index (χ2v) is 19.7. The smallest absolute Gasteiger partial charge is 0.408 e. The highest BCUT2D eigenvalue weighted by Gasteiger charge is 2.39. The van der Waals surface area contributed by atoms with Gasteiger partial charge < -0.3 is 60.8 Å². The minimum atomic E-state index is -1.85. The summed E-state index contributed by atoms with van der Waals surface area (Å²) in [4.78, 5) is 87.1. The van der Waals surface area contributed by atoms with Crippen LogP contribution in [0.3, 0.4) is 0 Å². The molecular formula is C48H44Cl4IN5O13. The van der Waals surface area contributed by atoms with Gasteiger partial charge in [-0.05, 0) is 132 Å². The van der Waals surface area contributed by atoms with Gasteiger partial charge in [0, 0.05) is 13.5 Å². The fourth-order valence-electron chi connectivity index (χ4n) is 7.21. The van der Waals surface area contributed by atoms with Gasteiger partial charge >= 0.3 is 12.1 Å². The monoisotopic (exact) mass is 1170 g/mol. The van der Waals surface area contributed by atoms with Crippen LogP contribution in [-0.2, 0) is 39.9 Å². The van der Waals surface area contributed by atoms with Crippen LogP contribution >= 0.6 is 69.0 Å². The molecule has 5 amide bonds. The lowest BCUT2D eigenvalue weighted by molar-refractivity contribution is -0.147. The third-order valence-electron chi connectivity index (χ3n) is 10.8. The quantitative estimate of drug-likeness (QED) is 0.0512. The Morgan fingerprint density at radius 1 is 0.775 bits per heavy atom. The molecule has 23 heteroatoms. The number of hydrogen-bond donors (Lipinski definition) is 8. The highest BCUT2D eigenvalue weighted by Crippen LogP contribution is 2.40. The second-order valence-electron chi connectivity index (χ2n) is 16.9. The van der Waals surface area contributed by atoms with E-state index in [2.05, 4.69) is 21.3 Å². The summed E-state index contributed by atoms with van der Waals surface area (Å²) in [6.45, 7) is 4.73. The number of rotatable bonds is 9. The van der Waals surface area contributed by atoms with Crippen LogP contribution in [-0.4, -0.2) is 86.8 Å². The fraction of sp³-hybridized carbons (Fsp3) is 0.250. The Morgan fingerprint density at radius 3 is 1.92 bits per heavy atom. The number of hydrogen-bond acceptors (Lipinski definition) is 13. The first-order valence-electron chi connectivity index (χ1n) is 21.0. The van der Waals surface area contributed by atoms with Gasteiger partial charge in [0.05, 0.1) is 30.8 Å². The van der Waals surface area contributed by atoms with Crippen LogP contribution < -0.4 is 26.0 Å². The van der Waals surface area contributed by atoms with Crippen molar-refractivity contribution < 1.29 is 63.4 Å². The van der Waals surface area contributed by atoms with Gasteiger partial charge in [-0.3, -0.25) is 19.2 Å². The molecule has 2 aliphatic rings. The maximum Gasteiger partial charge on any atom is 0.408 e. The van der Waals surface area contributed by atoms with Crippen molar-refractivity contribution in [2.75, 3.05) is 14.2 Å². The molecule has 0 fully saturated rings. The van der Waals surface area contributed by atoms with E-state index in [9.17, 15) is 39.6 Å². The van der Waals surface area contributed by atoms with Gasteiger partial charge in [-0.15, -0.1) is 0 Å². The molecule has 8 N–H and O–H groups in total. The van der Waals surface area contributed by atoms with Crippen molar-refractivity contribution in [3.8, 4) is 34.5 Å². The maximum atomic E-state index is 15.2. The summed E-state index contributed by atoms with van der Waals surface area (Å²) in [5.41, 5.74) is -0.593. The normalized spacial score (nSPS) is 17.0. The number of amides is 5. The van der Waals surface area contributed by atoms with E-state index in [1.165, 1.54) is 55.6 Å². The van der Waals surface area contributed by atoms with Crippen molar-refractivity contribution in [2.45, 2.75) is 63.0 Å². The second kappa shape index (κ2) is 22.4. The van der Waals surface area contributed by atoms with Crippen LogP contribution in [0.25, 0.3) is 0 Å². The fourth-order valence-corrected chi connectivity index (χ4v) is 8.85. The molecule has 0 aliphatic carbocycles. The van der Waals surface area contributed by atoms with Crippen LogP contribution in [0, 0.1) is 3.57 Å². The first-order valence-corrected chi connectivity index (χ1v) is 23.6. The molecule has 5 aromatic rings. The Balaban J connectivity index is 1.52. The number of nitrogens with one attached hydrogen (secondary N) is 4. The number of alkyl carbamates (subject to hydrolysis) is 1. The molecule has 18 nitrogen and oxygen atoms in total. The minimum Gasteiger partial charge on any atom is -0.508 e. The van der Waals surface area contributed by atoms with E-state index in [0.29, 0.717) is 5.56 Å². The average molecular weight is 1170 g/mol.